The molecule has 6 nitrogen and oxygen atoms in total. The molecule has 0 aromatic carbocycles. The molecule has 0 radical (unpaired) electrons. The van der Waals surface area contributed by atoms with E-state index < -0.39 is 0 Å². The summed E-state index contributed by atoms with van der Waals surface area (Å²) in [4.78, 5) is 10.3. The second kappa shape index (κ2) is 13.7. The number of nitrogens with one attached hydrogen (secondary N) is 2. The summed E-state index contributed by atoms with van der Waals surface area (Å²) in [6, 6.07) is 0. The number of nitrogens with zero attached hydrogens (tertiary/aromatic N) is 2. The van der Waals surface area contributed by atoms with Crippen LogP contribution in [0.2, 0.25) is 0 Å². The van der Waals surface area contributed by atoms with Gasteiger partial charge >= 0.3 is 0 Å². The Balaban J connectivity index is 0.00000338. The maximum Gasteiger partial charge on any atom is 0.190 e. The lowest BCUT2D eigenvalue weighted by molar-refractivity contribution is 0.0168. The Morgan fingerprint density at radius 3 is 2.85 bits per heavy atom. The Hall–Kier alpha value is -0.450. The molecular weight excluding hydrogens is 463 g/mol. The highest BCUT2D eigenvalue weighted by molar-refractivity contribution is 14.0. The van der Waals surface area contributed by atoms with Crippen molar-refractivity contribution in [3.05, 3.63) is 15.6 Å². The predicted octanol–water partition coefficient (Wildman–Crippen LogP) is 2.93. The topological polar surface area (TPSA) is 67.8 Å². The molecule has 1 unspecified atom stereocenters. The van der Waals surface area contributed by atoms with Crippen LogP contribution in [0.5, 0.6) is 0 Å². The highest BCUT2D eigenvalue weighted by atomic mass is 127. The van der Waals surface area contributed by atoms with Gasteiger partial charge in [-0.1, -0.05) is 6.92 Å². The molecule has 1 fully saturated rings. The highest BCUT2D eigenvalue weighted by Crippen LogP contribution is 2.17. The molecule has 1 atom stereocenters. The largest absolute Gasteiger partial charge is 0.379 e. The number of hydrogen-bond acceptors (Lipinski definition) is 5. The van der Waals surface area contributed by atoms with E-state index in [1.165, 1.54) is 15.6 Å². The highest BCUT2D eigenvalue weighted by Gasteiger charge is 2.14. The van der Waals surface area contributed by atoms with Gasteiger partial charge in [-0.15, -0.1) is 35.3 Å². The molecule has 0 bridgehead atoms. The first-order valence-electron chi connectivity index (χ1n) is 9.32. The number of aliphatic imine (C=N–C) groups is 1. The number of ether oxygens (including phenoxy) is 2. The number of guanidine groups is 1. The Kier molecular flexibility index (Phi) is 12.4. The van der Waals surface area contributed by atoms with E-state index in [1.54, 1.807) is 18.4 Å². The number of thiazole rings is 1. The van der Waals surface area contributed by atoms with E-state index in [4.69, 9.17) is 9.47 Å². The van der Waals surface area contributed by atoms with Gasteiger partial charge in [0.25, 0.3) is 0 Å². The van der Waals surface area contributed by atoms with Crippen molar-refractivity contribution >= 4 is 41.3 Å². The molecule has 1 aliphatic rings. The predicted molar refractivity (Wildman–Crippen MR) is 119 cm³/mol. The van der Waals surface area contributed by atoms with Crippen molar-refractivity contribution in [3.8, 4) is 0 Å². The van der Waals surface area contributed by atoms with Crippen molar-refractivity contribution in [3.63, 3.8) is 0 Å². The van der Waals surface area contributed by atoms with Crippen molar-refractivity contribution < 1.29 is 9.47 Å². The Morgan fingerprint density at radius 1 is 1.38 bits per heavy atom. The maximum absolute atomic E-state index is 5.66. The van der Waals surface area contributed by atoms with Crippen molar-refractivity contribution in [2.45, 2.75) is 52.1 Å². The van der Waals surface area contributed by atoms with Gasteiger partial charge in [0.1, 0.15) is 0 Å². The zero-order chi connectivity index (χ0) is 17.9. The smallest absolute Gasteiger partial charge is 0.190 e. The molecule has 1 aliphatic heterocycles. The monoisotopic (exact) mass is 496 g/mol. The van der Waals surface area contributed by atoms with Gasteiger partial charge in [0.15, 0.2) is 5.96 Å². The Bertz CT molecular complexity index is 533. The fourth-order valence-corrected chi connectivity index (χ4v) is 3.82. The molecule has 26 heavy (non-hydrogen) atoms. The van der Waals surface area contributed by atoms with Crippen LogP contribution in [0.4, 0.5) is 0 Å². The average molecular weight is 496 g/mol. The van der Waals surface area contributed by atoms with E-state index in [2.05, 4.69) is 34.5 Å². The lowest BCUT2D eigenvalue weighted by Gasteiger charge is -2.12. The minimum Gasteiger partial charge on any atom is -0.379 e. The van der Waals surface area contributed by atoms with Crippen LogP contribution < -0.4 is 10.6 Å². The fraction of sp³-hybridized carbons (Fsp3) is 0.778. The standard InChI is InChI=1S/C18H32N4O2S.HI/c1-4-16-14(2)25-17(22-16)8-10-21-18(19-3)20-9-6-11-23-13-15-7-5-12-24-15;/h15H,4-13H2,1-3H3,(H2,19,20,21);1H. The summed E-state index contributed by atoms with van der Waals surface area (Å²) in [7, 11) is 1.80. The van der Waals surface area contributed by atoms with Crippen molar-refractivity contribution in [2.75, 3.05) is 40.0 Å². The van der Waals surface area contributed by atoms with Gasteiger partial charge in [0, 0.05) is 44.6 Å². The summed E-state index contributed by atoms with van der Waals surface area (Å²) in [6.45, 7) is 8.35. The van der Waals surface area contributed by atoms with Crippen LogP contribution >= 0.6 is 35.3 Å². The van der Waals surface area contributed by atoms with E-state index in [1.807, 2.05) is 0 Å². The summed E-state index contributed by atoms with van der Waals surface area (Å²) >= 11 is 1.80. The average Bonchev–Trinajstić information content (AvgIpc) is 3.25. The Morgan fingerprint density at radius 2 is 2.19 bits per heavy atom. The molecule has 1 aromatic rings. The lowest BCUT2D eigenvalue weighted by Crippen LogP contribution is -2.39. The van der Waals surface area contributed by atoms with Crippen LogP contribution in [0, 0.1) is 6.92 Å². The number of halogens is 1. The van der Waals surface area contributed by atoms with Gasteiger partial charge in [0.2, 0.25) is 0 Å². The summed E-state index contributed by atoms with van der Waals surface area (Å²) in [6.07, 6.45) is 5.50. The molecule has 0 spiro atoms. The van der Waals surface area contributed by atoms with Crippen LogP contribution in [0.1, 0.15) is 41.8 Å². The molecule has 150 valence electrons. The number of aryl methyl sites for hydroxylation is 2. The molecule has 0 aliphatic carbocycles. The first-order chi connectivity index (χ1) is 12.2. The van der Waals surface area contributed by atoms with Crippen LogP contribution in [-0.4, -0.2) is 57.0 Å². The summed E-state index contributed by atoms with van der Waals surface area (Å²) in [5, 5.41) is 7.86. The molecule has 8 heteroatoms. The van der Waals surface area contributed by atoms with Crippen molar-refractivity contribution in [2.24, 2.45) is 4.99 Å². The molecule has 0 amide bonds. The van der Waals surface area contributed by atoms with Crippen molar-refractivity contribution in [1.29, 1.82) is 0 Å². The van der Waals surface area contributed by atoms with Gasteiger partial charge in [-0.05, 0) is 32.6 Å². The van der Waals surface area contributed by atoms with Crippen molar-refractivity contribution in [1.82, 2.24) is 15.6 Å². The molecule has 2 heterocycles. The molecule has 2 rings (SSSR count). The van der Waals surface area contributed by atoms with E-state index in [-0.39, 0.29) is 24.0 Å². The van der Waals surface area contributed by atoms with E-state index >= 15 is 0 Å². The van der Waals surface area contributed by atoms with Gasteiger partial charge < -0.3 is 20.1 Å². The third-order valence-corrected chi connectivity index (χ3v) is 5.29. The normalized spacial score (nSPS) is 17.2. The summed E-state index contributed by atoms with van der Waals surface area (Å²) in [5.41, 5.74) is 1.23. The van der Waals surface area contributed by atoms with Gasteiger partial charge in [-0.2, -0.15) is 0 Å². The lowest BCUT2D eigenvalue weighted by atomic mass is 10.2. The minimum absolute atomic E-state index is 0. The third-order valence-electron chi connectivity index (χ3n) is 4.21. The molecule has 0 saturated carbocycles. The van der Waals surface area contributed by atoms with E-state index in [0.29, 0.717) is 6.10 Å². The zero-order valence-electron chi connectivity index (χ0n) is 16.2. The van der Waals surface area contributed by atoms with E-state index in [9.17, 15) is 0 Å². The first kappa shape index (κ1) is 23.6. The molecular formula is C18H33IN4O2S. The maximum atomic E-state index is 5.66. The minimum atomic E-state index is 0. The van der Waals surface area contributed by atoms with E-state index in [0.717, 1.165) is 71.0 Å². The Labute approximate surface area is 178 Å². The van der Waals surface area contributed by atoms with Gasteiger partial charge in [0.05, 0.1) is 23.4 Å². The van der Waals surface area contributed by atoms with Crippen LogP contribution in [0.3, 0.4) is 0 Å². The summed E-state index contributed by atoms with van der Waals surface area (Å²) in [5.74, 6) is 0.836. The number of rotatable bonds is 10. The number of aromatic nitrogens is 1. The zero-order valence-corrected chi connectivity index (χ0v) is 19.3. The van der Waals surface area contributed by atoms with Crippen LogP contribution in [0.25, 0.3) is 0 Å². The molecule has 1 aromatic heterocycles. The quantitative estimate of drug-likeness (QED) is 0.226. The van der Waals surface area contributed by atoms with Crippen LogP contribution in [-0.2, 0) is 22.3 Å². The number of hydrogen-bond donors (Lipinski definition) is 2. The second-order valence-electron chi connectivity index (χ2n) is 6.20. The van der Waals surface area contributed by atoms with Gasteiger partial charge in [-0.3, -0.25) is 4.99 Å². The first-order valence-corrected chi connectivity index (χ1v) is 10.1. The fourth-order valence-electron chi connectivity index (χ4n) is 2.80. The molecule has 1 saturated heterocycles. The van der Waals surface area contributed by atoms with Crippen LogP contribution in [0.15, 0.2) is 4.99 Å². The second-order valence-corrected chi connectivity index (χ2v) is 7.49. The summed E-state index contributed by atoms with van der Waals surface area (Å²) < 4.78 is 11.2. The van der Waals surface area contributed by atoms with Gasteiger partial charge in [-0.25, -0.2) is 4.98 Å². The SMILES string of the molecule is CCc1nc(CCNC(=NC)NCCCOCC2CCCO2)sc1C.I. The third kappa shape index (κ3) is 8.49. The molecule has 2 N–H and O–H groups in total.